The van der Waals surface area contributed by atoms with Crippen LogP contribution in [0.1, 0.15) is 12.8 Å². The number of Topliss-reactive ketones (excluding diaryl/α,β-unsaturated/α-hetero) is 1. The van der Waals surface area contributed by atoms with Crippen molar-refractivity contribution in [1.29, 1.82) is 0 Å². The van der Waals surface area contributed by atoms with Gasteiger partial charge in [0, 0.05) is 13.2 Å². The van der Waals surface area contributed by atoms with Gasteiger partial charge in [-0.15, -0.1) is 0 Å². The molecule has 0 aliphatic carbocycles. The molecule has 0 saturated carbocycles. The molecule has 0 radical (unpaired) electrons. The minimum Gasteiger partial charge on any atom is -0.338 e. The lowest BCUT2D eigenvalue weighted by atomic mass is 10.3. The molecule has 0 saturated heterocycles. The van der Waals surface area contributed by atoms with E-state index in [2.05, 4.69) is 15.2 Å². The predicted molar refractivity (Wildman–Crippen MR) is 50.9 cm³/mol. The third kappa shape index (κ3) is 2.09. The highest BCUT2D eigenvalue weighted by Gasteiger charge is 2.11. The van der Waals surface area contributed by atoms with Gasteiger partial charge in [-0.2, -0.15) is 10.1 Å². The monoisotopic (exact) mass is 206 g/mol. The largest absolute Gasteiger partial charge is 0.338 e. The Labute approximate surface area is 85.9 Å². The molecule has 0 bridgehead atoms. The Kier molecular flexibility index (Phi) is 2.32. The van der Waals surface area contributed by atoms with E-state index >= 15 is 0 Å². The summed E-state index contributed by atoms with van der Waals surface area (Å²) in [5.74, 6) is 0.723. The summed E-state index contributed by atoms with van der Waals surface area (Å²) in [6, 6.07) is 1.78. The van der Waals surface area contributed by atoms with Gasteiger partial charge in [0.15, 0.2) is 0 Å². The third-order valence-electron chi connectivity index (χ3n) is 1.81. The van der Waals surface area contributed by atoms with Gasteiger partial charge in [-0.05, 0) is 13.0 Å². The maximum Gasteiger partial charge on any atom is 0.234 e. The number of carbonyl (C=O) groups is 1. The van der Waals surface area contributed by atoms with Gasteiger partial charge in [-0.3, -0.25) is 9.48 Å². The van der Waals surface area contributed by atoms with Crippen LogP contribution in [-0.4, -0.2) is 25.7 Å². The first-order chi connectivity index (χ1) is 7.15. The molecule has 2 aromatic heterocycles. The second-order valence-corrected chi connectivity index (χ2v) is 3.27. The zero-order chi connectivity index (χ0) is 10.8. The van der Waals surface area contributed by atoms with Gasteiger partial charge in [-0.25, -0.2) is 0 Å². The lowest BCUT2D eigenvalue weighted by Crippen LogP contribution is -1.96. The van der Waals surface area contributed by atoms with Crippen molar-refractivity contribution in [2.45, 2.75) is 13.3 Å². The van der Waals surface area contributed by atoms with E-state index in [4.69, 9.17) is 4.52 Å². The van der Waals surface area contributed by atoms with E-state index in [0.717, 1.165) is 0 Å². The lowest BCUT2D eigenvalue weighted by molar-refractivity contribution is -0.116. The molecule has 0 aliphatic rings. The summed E-state index contributed by atoms with van der Waals surface area (Å²) in [6.07, 6.45) is 1.95. The zero-order valence-corrected chi connectivity index (χ0v) is 8.47. The Morgan fingerprint density at radius 1 is 1.60 bits per heavy atom. The van der Waals surface area contributed by atoms with Crippen molar-refractivity contribution < 1.29 is 9.32 Å². The van der Waals surface area contributed by atoms with E-state index in [1.165, 1.54) is 6.92 Å². The molecule has 0 atom stereocenters. The summed E-state index contributed by atoms with van der Waals surface area (Å²) in [5, 5.41) is 7.86. The second kappa shape index (κ2) is 3.64. The van der Waals surface area contributed by atoms with Crippen LogP contribution in [0.3, 0.4) is 0 Å². The van der Waals surface area contributed by atoms with Gasteiger partial charge < -0.3 is 4.52 Å². The zero-order valence-electron chi connectivity index (χ0n) is 8.47. The first kappa shape index (κ1) is 9.57. The molecule has 2 aromatic rings. The third-order valence-corrected chi connectivity index (χ3v) is 1.81. The number of ketones is 1. The van der Waals surface area contributed by atoms with Crippen molar-refractivity contribution in [2.75, 3.05) is 0 Å². The summed E-state index contributed by atoms with van der Waals surface area (Å²) in [6.45, 7) is 1.48. The van der Waals surface area contributed by atoms with Crippen molar-refractivity contribution in [1.82, 2.24) is 19.9 Å². The summed E-state index contributed by atoms with van der Waals surface area (Å²) in [4.78, 5) is 14.9. The number of aromatic nitrogens is 4. The molecule has 6 nitrogen and oxygen atoms in total. The van der Waals surface area contributed by atoms with Crippen LogP contribution in [0.15, 0.2) is 16.8 Å². The highest BCUT2D eigenvalue weighted by atomic mass is 16.5. The van der Waals surface area contributed by atoms with Gasteiger partial charge in [0.05, 0.1) is 6.42 Å². The standard InChI is InChI=1S/C9H10N4O2/c1-6(14)5-8-10-9(12-15-8)7-3-4-13(2)11-7/h3-4H,5H2,1-2H3. The van der Waals surface area contributed by atoms with E-state index in [0.29, 0.717) is 17.4 Å². The van der Waals surface area contributed by atoms with Crippen LogP contribution in [0.25, 0.3) is 11.5 Å². The first-order valence-electron chi connectivity index (χ1n) is 4.47. The number of rotatable bonds is 3. The topological polar surface area (TPSA) is 73.8 Å². The van der Waals surface area contributed by atoms with Gasteiger partial charge >= 0.3 is 0 Å². The predicted octanol–water partition coefficient (Wildman–Crippen LogP) is 0.602. The van der Waals surface area contributed by atoms with Gasteiger partial charge in [0.2, 0.25) is 11.7 Å². The molecule has 0 fully saturated rings. The van der Waals surface area contributed by atoms with E-state index in [1.807, 2.05) is 0 Å². The molecular formula is C9H10N4O2. The number of hydrogen-bond donors (Lipinski definition) is 0. The average molecular weight is 206 g/mol. The summed E-state index contributed by atoms with van der Waals surface area (Å²) in [7, 11) is 1.81. The molecule has 0 spiro atoms. The van der Waals surface area contributed by atoms with E-state index in [-0.39, 0.29) is 12.2 Å². The van der Waals surface area contributed by atoms with Crippen molar-refractivity contribution >= 4 is 5.78 Å². The minimum absolute atomic E-state index is 0.00813. The van der Waals surface area contributed by atoms with E-state index in [1.54, 1.807) is 24.0 Å². The Morgan fingerprint density at radius 2 is 2.40 bits per heavy atom. The normalized spacial score (nSPS) is 10.5. The fourth-order valence-corrected chi connectivity index (χ4v) is 1.18. The highest BCUT2D eigenvalue weighted by molar-refractivity contribution is 5.77. The lowest BCUT2D eigenvalue weighted by Gasteiger charge is -1.85. The van der Waals surface area contributed by atoms with Crippen molar-refractivity contribution in [2.24, 2.45) is 7.05 Å². The minimum atomic E-state index is -0.00813. The molecule has 78 valence electrons. The molecule has 2 heterocycles. The molecule has 0 aliphatic heterocycles. The van der Waals surface area contributed by atoms with Crippen LogP contribution < -0.4 is 0 Å². The van der Waals surface area contributed by atoms with Crippen molar-refractivity contribution in [3.8, 4) is 11.5 Å². The molecule has 15 heavy (non-hydrogen) atoms. The number of aryl methyl sites for hydroxylation is 1. The average Bonchev–Trinajstić information content (AvgIpc) is 2.72. The molecule has 2 rings (SSSR count). The first-order valence-corrected chi connectivity index (χ1v) is 4.47. The van der Waals surface area contributed by atoms with Gasteiger partial charge in [-0.1, -0.05) is 5.16 Å². The molecule has 0 amide bonds. The van der Waals surface area contributed by atoms with E-state index < -0.39 is 0 Å². The van der Waals surface area contributed by atoms with Crippen molar-refractivity contribution in [3.05, 3.63) is 18.2 Å². The Balaban J connectivity index is 2.23. The highest BCUT2D eigenvalue weighted by Crippen LogP contribution is 2.12. The molecule has 0 unspecified atom stereocenters. The second-order valence-electron chi connectivity index (χ2n) is 3.27. The summed E-state index contributed by atoms with van der Waals surface area (Å²) in [5.41, 5.74) is 0.635. The fraction of sp³-hybridized carbons (Fsp3) is 0.333. The van der Waals surface area contributed by atoms with Crippen molar-refractivity contribution in [3.63, 3.8) is 0 Å². The maximum absolute atomic E-state index is 10.8. The van der Waals surface area contributed by atoms with Crippen LogP contribution in [0.5, 0.6) is 0 Å². The van der Waals surface area contributed by atoms with Crippen LogP contribution in [0.4, 0.5) is 0 Å². The molecule has 6 heteroatoms. The Morgan fingerprint density at radius 3 is 3.00 bits per heavy atom. The van der Waals surface area contributed by atoms with Crippen LogP contribution in [0, 0.1) is 0 Å². The number of hydrogen-bond acceptors (Lipinski definition) is 5. The Bertz CT molecular complexity index is 486. The van der Waals surface area contributed by atoms with Crippen LogP contribution >= 0.6 is 0 Å². The molecule has 0 aromatic carbocycles. The summed E-state index contributed by atoms with van der Waals surface area (Å²) >= 11 is 0. The summed E-state index contributed by atoms with van der Waals surface area (Å²) < 4.78 is 6.56. The van der Waals surface area contributed by atoms with Gasteiger partial charge in [0.1, 0.15) is 11.5 Å². The number of carbonyl (C=O) groups excluding carboxylic acids is 1. The smallest absolute Gasteiger partial charge is 0.234 e. The molecular weight excluding hydrogens is 196 g/mol. The molecule has 0 N–H and O–H groups in total. The maximum atomic E-state index is 10.8. The Hall–Kier alpha value is -1.98. The quantitative estimate of drug-likeness (QED) is 0.735. The number of nitrogens with zero attached hydrogens (tertiary/aromatic N) is 4. The SMILES string of the molecule is CC(=O)Cc1nc(-c2ccn(C)n2)no1. The van der Waals surface area contributed by atoms with Crippen LogP contribution in [-0.2, 0) is 18.3 Å². The fourth-order valence-electron chi connectivity index (χ4n) is 1.18. The van der Waals surface area contributed by atoms with E-state index in [9.17, 15) is 4.79 Å². The van der Waals surface area contributed by atoms with Gasteiger partial charge in [0.25, 0.3) is 0 Å². The van der Waals surface area contributed by atoms with Crippen LogP contribution in [0.2, 0.25) is 0 Å².